The Balaban J connectivity index is 1.85. The summed E-state index contributed by atoms with van der Waals surface area (Å²) in [6, 6.07) is 5.03. The van der Waals surface area contributed by atoms with Gasteiger partial charge in [0.05, 0.1) is 12.1 Å². The molecule has 88 valence electrons. The van der Waals surface area contributed by atoms with Crippen molar-refractivity contribution in [3.63, 3.8) is 0 Å². The lowest BCUT2D eigenvalue weighted by atomic mass is 10.3. The fourth-order valence-corrected chi connectivity index (χ4v) is 1.36. The molecule has 0 saturated carbocycles. The number of carboxylic acids is 1. The van der Waals surface area contributed by atoms with Gasteiger partial charge in [0.25, 0.3) is 0 Å². The molecule has 0 bridgehead atoms. The second kappa shape index (κ2) is 5.11. The van der Waals surface area contributed by atoms with E-state index in [1.807, 2.05) is 12.3 Å². The van der Waals surface area contributed by atoms with Crippen molar-refractivity contribution in [1.29, 1.82) is 0 Å². The Kier molecular flexibility index (Phi) is 3.34. The van der Waals surface area contributed by atoms with Crippen molar-refractivity contribution >= 4 is 11.8 Å². The number of carbonyl (C=O) groups is 1. The molecule has 2 aromatic heterocycles. The topological polar surface area (TPSA) is 80.0 Å². The Labute approximate surface area is 97.9 Å². The van der Waals surface area contributed by atoms with Crippen LogP contribution in [0.25, 0.3) is 0 Å². The molecule has 6 heteroatoms. The first-order valence-corrected chi connectivity index (χ1v) is 5.16. The van der Waals surface area contributed by atoms with E-state index in [0.29, 0.717) is 12.4 Å². The van der Waals surface area contributed by atoms with Crippen LogP contribution in [0.4, 0.5) is 5.82 Å². The first-order chi connectivity index (χ1) is 8.25. The van der Waals surface area contributed by atoms with E-state index in [1.54, 1.807) is 16.9 Å². The molecule has 2 aromatic rings. The summed E-state index contributed by atoms with van der Waals surface area (Å²) in [5, 5.41) is 15.9. The van der Waals surface area contributed by atoms with Gasteiger partial charge < -0.3 is 10.4 Å². The van der Waals surface area contributed by atoms with Crippen molar-refractivity contribution in [3.05, 3.63) is 42.4 Å². The molecule has 0 aliphatic carbocycles. The van der Waals surface area contributed by atoms with Crippen LogP contribution in [0.1, 0.15) is 10.4 Å². The largest absolute Gasteiger partial charge is 0.478 e. The van der Waals surface area contributed by atoms with Gasteiger partial charge in [-0.3, -0.25) is 4.68 Å². The molecule has 0 spiro atoms. The summed E-state index contributed by atoms with van der Waals surface area (Å²) in [5.41, 5.74) is 0.183. The molecule has 0 aliphatic rings. The molecular formula is C11H12N4O2. The fourth-order valence-electron chi connectivity index (χ4n) is 1.36. The highest BCUT2D eigenvalue weighted by molar-refractivity contribution is 5.87. The van der Waals surface area contributed by atoms with Gasteiger partial charge in [-0.25, -0.2) is 9.78 Å². The van der Waals surface area contributed by atoms with E-state index in [-0.39, 0.29) is 5.56 Å². The molecule has 0 atom stereocenters. The maximum absolute atomic E-state index is 10.6. The smallest absolute Gasteiger partial charge is 0.337 e. The number of nitrogens with zero attached hydrogens (tertiary/aromatic N) is 3. The average molecular weight is 232 g/mol. The van der Waals surface area contributed by atoms with E-state index in [9.17, 15) is 4.79 Å². The highest BCUT2D eigenvalue weighted by Gasteiger charge is 2.02. The van der Waals surface area contributed by atoms with Crippen LogP contribution < -0.4 is 5.32 Å². The number of hydrogen-bond acceptors (Lipinski definition) is 4. The summed E-state index contributed by atoms with van der Waals surface area (Å²) < 4.78 is 1.80. The Morgan fingerprint density at radius 2 is 2.35 bits per heavy atom. The molecule has 0 aliphatic heterocycles. The number of pyridine rings is 1. The molecule has 17 heavy (non-hydrogen) atoms. The lowest BCUT2D eigenvalue weighted by Crippen LogP contribution is -2.11. The summed E-state index contributed by atoms with van der Waals surface area (Å²) in [4.78, 5) is 14.6. The number of rotatable bonds is 5. The van der Waals surface area contributed by atoms with Crippen LogP contribution in [0, 0.1) is 0 Å². The second-order valence-electron chi connectivity index (χ2n) is 3.43. The summed E-state index contributed by atoms with van der Waals surface area (Å²) >= 11 is 0. The Bertz CT molecular complexity index is 479. The maximum atomic E-state index is 10.6. The van der Waals surface area contributed by atoms with Gasteiger partial charge in [0.15, 0.2) is 0 Å². The normalized spacial score (nSPS) is 10.1. The minimum atomic E-state index is -0.972. The van der Waals surface area contributed by atoms with E-state index < -0.39 is 5.97 Å². The third kappa shape index (κ3) is 3.04. The molecule has 6 nitrogen and oxygen atoms in total. The van der Waals surface area contributed by atoms with Gasteiger partial charge in [0.1, 0.15) is 5.82 Å². The zero-order valence-electron chi connectivity index (χ0n) is 9.08. The van der Waals surface area contributed by atoms with Crippen LogP contribution in [0.15, 0.2) is 36.8 Å². The summed E-state index contributed by atoms with van der Waals surface area (Å²) in [5.74, 6) is -0.317. The lowest BCUT2D eigenvalue weighted by Gasteiger charge is -2.05. The Hall–Kier alpha value is -2.37. The Morgan fingerprint density at radius 1 is 1.47 bits per heavy atom. The zero-order chi connectivity index (χ0) is 12.1. The SMILES string of the molecule is O=C(O)c1ccc(NCCn2cccn2)nc1. The third-order valence-electron chi connectivity index (χ3n) is 2.22. The van der Waals surface area contributed by atoms with E-state index in [0.717, 1.165) is 6.54 Å². The van der Waals surface area contributed by atoms with Gasteiger partial charge >= 0.3 is 5.97 Å². The van der Waals surface area contributed by atoms with E-state index in [4.69, 9.17) is 5.11 Å². The fraction of sp³-hybridized carbons (Fsp3) is 0.182. The number of hydrogen-bond donors (Lipinski definition) is 2. The zero-order valence-corrected chi connectivity index (χ0v) is 9.08. The van der Waals surface area contributed by atoms with Crippen LogP contribution >= 0.6 is 0 Å². The highest BCUT2D eigenvalue weighted by Crippen LogP contribution is 2.04. The molecule has 0 radical (unpaired) electrons. The first kappa shape index (κ1) is 11.1. The molecule has 2 rings (SSSR count). The van der Waals surface area contributed by atoms with Crippen molar-refractivity contribution in [1.82, 2.24) is 14.8 Å². The quantitative estimate of drug-likeness (QED) is 0.806. The van der Waals surface area contributed by atoms with Crippen molar-refractivity contribution in [2.45, 2.75) is 6.54 Å². The monoisotopic (exact) mass is 232 g/mol. The molecule has 2 N–H and O–H groups in total. The highest BCUT2D eigenvalue weighted by atomic mass is 16.4. The maximum Gasteiger partial charge on any atom is 0.337 e. The van der Waals surface area contributed by atoms with Crippen LogP contribution in [0.5, 0.6) is 0 Å². The van der Waals surface area contributed by atoms with Gasteiger partial charge in [-0.05, 0) is 18.2 Å². The van der Waals surface area contributed by atoms with Crippen molar-refractivity contribution < 1.29 is 9.90 Å². The molecule has 2 heterocycles. The standard InChI is InChI=1S/C11H12N4O2/c16-11(17)9-2-3-10(13-8-9)12-5-7-15-6-1-4-14-15/h1-4,6,8H,5,7H2,(H,12,13)(H,16,17). The summed E-state index contributed by atoms with van der Waals surface area (Å²) in [7, 11) is 0. The van der Waals surface area contributed by atoms with E-state index >= 15 is 0 Å². The molecular weight excluding hydrogens is 220 g/mol. The minimum Gasteiger partial charge on any atom is -0.478 e. The van der Waals surface area contributed by atoms with Crippen molar-refractivity contribution in [2.75, 3.05) is 11.9 Å². The number of aromatic carboxylic acids is 1. The molecule has 0 saturated heterocycles. The van der Waals surface area contributed by atoms with Gasteiger partial charge in [0.2, 0.25) is 0 Å². The predicted molar refractivity (Wildman–Crippen MR) is 61.9 cm³/mol. The van der Waals surface area contributed by atoms with Crippen LogP contribution in [-0.4, -0.2) is 32.4 Å². The summed E-state index contributed by atoms with van der Waals surface area (Å²) in [6.45, 7) is 1.41. The van der Waals surface area contributed by atoms with Crippen LogP contribution in [0.2, 0.25) is 0 Å². The van der Waals surface area contributed by atoms with Gasteiger partial charge in [-0.15, -0.1) is 0 Å². The predicted octanol–water partition coefficient (Wildman–Crippen LogP) is 1.09. The van der Waals surface area contributed by atoms with Gasteiger partial charge in [0, 0.05) is 25.1 Å². The number of nitrogens with one attached hydrogen (secondary N) is 1. The van der Waals surface area contributed by atoms with E-state index in [2.05, 4.69) is 15.4 Å². The van der Waals surface area contributed by atoms with Crippen LogP contribution in [0.3, 0.4) is 0 Å². The number of aromatic nitrogens is 3. The molecule has 0 unspecified atom stereocenters. The second-order valence-corrected chi connectivity index (χ2v) is 3.43. The molecule has 0 amide bonds. The van der Waals surface area contributed by atoms with Gasteiger partial charge in [-0.1, -0.05) is 0 Å². The number of carboxylic acid groups (broad SMARTS) is 1. The Morgan fingerprint density at radius 3 is 2.94 bits per heavy atom. The van der Waals surface area contributed by atoms with Crippen LogP contribution in [-0.2, 0) is 6.54 Å². The first-order valence-electron chi connectivity index (χ1n) is 5.16. The lowest BCUT2D eigenvalue weighted by molar-refractivity contribution is 0.0696. The van der Waals surface area contributed by atoms with E-state index in [1.165, 1.54) is 12.3 Å². The van der Waals surface area contributed by atoms with Gasteiger partial charge in [-0.2, -0.15) is 5.10 Å². The molecule has 0 fully saturated rings. The molecule has 0 aromatic carbocycles. The average Bonchev–Trinajstić information content (AvgIpc) is 2.83. The number of anilines is 1. The van der Waals surface area contributed by atoms with Crippen molar-refractivity contribution in [2.24, 2.45) is 0 Å². The minimum absolute atomic E-state index is 0.183. The third-order valence-corrected chi connectivity index (χ3v) is 2.22. The van der Waals surface area contributed by atoms with Crippen molar-refractivity contribution in [3.8, 4) is 0 Å². The summed E-state index contributed by atoms with van der Waals surface area (Å²) in [6.07, 6.45) is 4.93.